The van der Waals surface area contributed by atoms with Crippen LogP contribution in [0.1, 0.15) is 27.8 Å². The van der Waals surface area contributed by atoms with Crippen LogP contribution in [0.2, 0.25) is 0 Å². The van der Waals surface area contributed by atoms with Crippen molar-refractivity contribution in [2.24, 2.45) is 0 Å². The van der Waals surface area contributed by atoms with Gasteiger partial charge < -0.3 is 4.74 Å². The lowest BCUT2D eigenvalue weighted by Gasteiger charge is -2.26. The predicted molar refractivity (Wildman–Crippen MR) is 134 cm³/mol. The van der Waals surface area contributed by atoms with Crippen LogP contribution < -0.4 is 4.74 Å². The first-order valence-corrected chi connectivity index (χ1v) is 13.6. The summed E-state index contributed by atoms with van der Waals surface area (Å²) >= 11 is 0. The van der Waals surface area contributed by atoms with Crippen molar-refractivity contribution in [3.63, 3.8) is 0 Å². The highest BCUT2D eigenvalue weighted by Crippen LogP contribution is 2.44. The summed E-state index contributed by atoms with van der Waals surface area (Å²) in [6, 6.07) is 17.7. The van der Waals surface area contributed by atoms with Crippen LogP contribution in [0.3, 0.4) is 0 Å². The number of allylic oxidation sites excluding steroid dienone is 1. The molecule has 2 aliphatic rings. The van der Waals surface area contributed by atoms with Crippen molar-refractivity contribution in [3.8, 4) is 5.75 Å². The summed E-state index contributed by atoms with van der Waals surface area (Å²) in [6.07, 6.45) is 0.617. The third-order valence-corrected chi connectivity index (χ3v) is 8.34. The van der Waals surface area contributed by atoms with E-state index in [9.17, 15) is 17.2 Å². The normalized spacial score (nSPS) is 17.5. The van der Waals surface area contributed by atoms with Gasteiger partial charge in [0, 0.05) is 31.3 Å². The molecule has 3 aromatic carbocycles. The predicted octanol–water partition coefficient (Wildman–Crippen LogP) is 4.90. The second-order valence-electron chi connectivity index (χ2n) is 9.18. The van der Waals surface area contributed by atoms with Gasteiger partial charge in [0.15, 0.2) is 9.84 Å². The van der Waals surface area contributed by atoms with Gasteiger partial charge in [-0.1, -0.05) is 35.9 Å². The molecule has 0 N–H and O–H groups in total. The molecule has 1 saturated heterocycles. The van der Waals surface area contributed by atoms with Gasteiger partial charge >= 0.3 is 0 Å². The van der Waals surface area contributed by atoms with E-state index in [1.807, 2.05) is 49.4 Å². The third kappa shape index (κ3) is 5.16. The maximum absolute atomic E-state index is 14.9. The van der Waals surface area contributed by atoms with Gasteiger partial charge in [-0.2, -0.15) is 0 Å². The van der Waals surface area contributed by atoms with Crippen LogP contribution in [0.25, 0.3) is 11.1 Å². The largest absolute Gasteiger partial charge is 0.492 e. The molecule has 182 valence electrons. The Kier molecular flexibility index (Phi) is 6.47. The van der Waals surface area contributed by atoms with Gasteiger partial charge in [-0.15, -0.1) is 0 Å². The molecule has 3 aromatic rings. The first kappa shape index (κ1) is 23.7. The Bertz CT molecular complexity index is 1380. The highest BCUT2D eigenvalue weighted by Gasteiger charge is 2.27. The molecular formula is C28H27F2NO3S. The van der Waals surface area contributed by atoms with E-state index in [1.165, 1.54) is 12.1 Å². The van der Waals surface area contributed by atoms with Crippen molar-refractivity contribution >= 4 is 21.0 Å². The van der Waals surface area contributed by atoms with Crippen molar-refractivity contribution in [2.45, 2.75) is 13.3 Å². The number of aryl methyl sites for hydroxylation is 1. The zero-order valence-electron chi connectivity index (χ0n) is 19.6. The van der Waals surface area contributed by atoms with Crippen LogP contribution in [0.15, 0.2) is 60.7 Å². The van der Waals surface area contributed by atoms with Gasteiger partial charge in [0.25, 0.3) is 0 Å². The molecule has 35 heavy (non-hydrogen) atoms. The number of nitrogens with zero attached hydrogens (tertiary/aromatic N) is 1. The van der Waals surface area contributed by atoms with Crippen LogP contribution in [0.4, 0.5) is 8.78 Å². The van der Waals surface area contributed by atoms with E-state index in [0.29, 0.717) is 38.2 Å². The quantitative estimate of drug-likeness (QED) is 0.488. The summed E-state index contributed by atoms with van der Waals surface area (Å²) in [5.74, 6) is -0.0693. The Morgan fingerprint density at radius 2 is 1.63 bits per heavy atom. The number of sulfone groups is 1. The lowest BCUT2D eigenvalue weighted by Crippen LogP contribution is -2.42. The zero-order valence-corrected chi connectivity index (χ0v) is 20.4. The summed E-state index contributed by atoms with van der Waals surface area (Å²) in [5, 5.41) is 0. The van der Waals surface area contributed by atoms with Crippen LogP contribution in [-0.4, -0.2) is 51.1 Å². The Balaban J connectivity index is 1.39. The second kappa shape index (κ2) is 9.55. The molecule has 1 aliphatic heterocycles. The molecular weight excluding hydrogens is 468 g/mol. The van der Waals surface area contributed by atoms with E-state index in [-0.39, 0.29) is 11.5 Å². The topological polar surface area (TPSA) is 46.6 Å². The minimum absolute atomic E-state index is 0.196. The fourth-order valence-electron chi connectivity index (χ4n) is 4.76. The lowest BCUT2D eigenvalue weighted by atomic mass is 9.93. The molecule has 0 amide bonds. The Labute approximate surface area is 204 Å². The second-order valence-corrected chi connectivity index (χ2v) is 11.5. The molecule has 0 atom stereocenters. The number of halogens is 2. The number of hydrogen-bond acceptors (Lipinski definition) is 4. The Hall–Kier alpha value is -3.03. The van der Waals surface area contributed by atoms with Gasteiger partial charge in [-0.25, -0.2) is 17.2 Å². The van der Waals surface area contributed by atoms with Gasteiger partial charge in [0.2, 0.25) is 0 Å². The average molecular weight is 496 g/mol. The van der Waals surface area contributed by atoms with E-state index in [2.05, 4.69) is 4.90 Å². The molecule has 4 nitrogen and oxygen atoms in total. The first-order valence-electron chi connectivity index (χ1n) is 11.7. The average Bonchev–Trinajstić information content (AvgIpc) is 3.19. The summed E-state index contributed by atoms with van der Waals surface area (Å²) in [7, 11) is -2.90. The minimum atomic E-state index is -2.90. The van der Waals surface area contributed by atoms with Crippen molar-refractivity contribution < 1.29 is 21.9 Å². The molecule has 0 bridgehead atoms. The molecule has 1 aliphatic carbocycles. The number of benzene rings is 3. The fraction of sp³-hybridized carbons (Fsp3) is 0.286. The maximum Gasteiger partial charge on any atom is 0.152 e. The van der Waals surface area contributed by atoms with Crippen LogP contribution in [0.5, 0.6) is 5.75 Å². The molecule has 0 aromatic heterocycles. The minimum Gasteiger partial charge on any atom is -0.492 e. The van der Waals surface area contributed by atoms with Gasteiger partial charge in [-0.05, 0) is 65.4 Å². The number of ether oxygens (including phenoxy) is 1. The maximum atomic E-state index is 14.9. The highest BCUT2D eigenvalue weighted by molar-refractivity contribution is 7.91. The van der Waals surface area contributed by atoms with Crippen LogP contribution >= 0.6 is 0 Å². The van der Waals surface area contributed by atoms with Crippen molar-refractivity contribution in [1.82, 2.24) is 4.90 Å². The molecule has 0 unspecified atom stereocenters. The summed E-state index contributed by atoms with van der Waals surface area (Å²) < 4.78 is 57.7. The summed E-state index contributed by atoms with van der Waals surface area (Å²) in [5.41, 5.74) is 6.25. The highest BCUT2D eigenvalue weighted by atomic mass is 32.2. The molecule has 7 heteroatoms. The number of fused-ring (bicyclic) bond motifs is 1. The van der Waals surface area contributed by atoms with Gasteiger partial charge in [0.05, 0.1) is 11.5 Å². The monoisotopic (exact) mass is 495 g/mol. The van der Waals surface area contributed by atoms with Crippen molar-refractivity contribution in [1.29, 1.82) is 0 Å². The third-order valence-electron chi connectivity index (χ3n) is 6.73. The smallest absolute Gasteiger partial charge is 0.152 e. The van der Waals surface area contributed by atoms with Crippen LogP contribution in [0, 0.1) is 18.6 Å². The van der Waals surface area contributed by atoms with E-state index in [4.69, 9.17) is 4.74 Å². The standard InChI is InChI=1S/C28H27F2NO3S/c1-19-2-4-20(5-3-19)26-17-21-16-23(34-13-10-31-11-14-35(32,33)15-12-31)7-9-24(21)28(26)25-8-6-22(29)18-27(25)30/h2-9,16,18H,10-15,17H2,1H3. The number of rotatable bonds is 6. The fourth-order valence-corrected chi connectivity index (χ4v) is 6.04. The van der Waals surface area contributed by atoms with Crippen LogP contribution in [-0.2, 0) is 16.3 Å². The van der Waals surface area contributed by atoms with E-state index in [1.54, 1.807) is 0 Å². The van der Waals surface area contributed by atoms with E-state index >= 15 is 0 Å². The summed E-state index contributed by atoms with van der Waals surface area (Å²) in [6.45, 7) is 4.20. The molecule has 1 fully saturated rings. The van der Waals surface area contributed by atoms with E-state index < -0.39 is 21.5 Å². The van der Waals surface area contributed by atoms with E-state index in [0.717, 1.165) is 45.2 Å². The Morgan fingerprint density at radius 1 is 0.914 bits per heavy atom. The lowest BCUT2D eigenvalue weighted by molar-refractivity contribution is 0.219. The van der Waals surface area contributed by atoms with Crippen molar-refractivity contribution in [3.05, 3.63) is 100 Å². The number of hydrogen-bond donors (Lipinski definition) is 0. The SMILES string of the molecule is Cc1ccc(C2=C(c3ccc(F)cc3F)c3ccc(OCCN4CCS(=O)(=O)CC4)cc3C2)cc1. The molecule has 0 radical (unpaired) electrons. The van der Waals surface area contributed by atoms with Crippen molar-refractivity contribution in [2.75, 3.05) is 37.7 Å². The first-order chi connectivity index (χ1) is 16.8. The molecule has 0 spiro atoms. The zero-order chi connectivity index (χ0) is 24.6. The van der Waals surface area contributed by atoms with Gasteiger partial charge in [-0.3, -0.25) is 4.90 Å². The molecule has 0 saturated carbocycles. The Morgan fingerprint density at radius 3 is 2.34 bits per heavy atom. The summed E-state index contributed by atoms with van der Waals surface area (Å²) in [4.78, 5) is 2.10. The molecule has 1 heterocycles. The van der Waals surface area contributed by atoms with Gasteiger partial charge in [0.1, 0.15) is 24.0 Å². The molecule has 5 rings (SSSR count).